The summed E-state index contributed by atoms with van der Waals surface area (Å²) >= 11 is 0. The van der Waals surface area contributed by atoms with Gasteiger partial charge < -0.3 is 10.0 Å². The van der Waals surface area contributed by atoms with Gasteiger partial charge in [-0.3, -0.25) is 0 Å². The molecule has 0 rings (SSSR count). The van der Waals surface area contributed by atoms with Crippen molar-refractivity contribution in [1.29, 1.82) is 0 Å². The summed E-state index contributed by atoms with van der Waals surface area (Å²) in [7, 11) is 0.0231. The Hall–Kier alpha value is -0.590. The second-order valence-electron chi connectivity index (χ2n) is 5.30. The highest BCUT2D eigenvalue weighted by Gasteiger charge is 2.27. The highest BCUT2D eigenvalue weighted by Crippen LogP contribution is 2.29. The van der Waals surface area contributed by atoms with Gasteiger partial charge >= 0.3 is 0 Å². The number of hydrogen-bond donors (Lipinski definition) is 2. The number of aliphatic hydroxyl groups is 1. The first-order chi connectivity index (χ1) is 7.54. The van der Waals surface area contributed by atoms with E-state index in [9.17, 15) is 13.5 Å². The van der Waals surface area contributed by atoms with E-state index in [1.165, 1.54) is 0 Å². The van der Waals surface area contributed by atoms with Gasteiger partial charge in [-0.05, 0) is 30.9 Å². The van der Waals surface area contributed by atoms with Crippen LogP contribution in [0.1, 0.15) is 33.1 Å². The number of nitrogens with two attached hydrogens (primary N) is 1. The van der Waals surface area contributed by atoms with Crippen molar-refractivity contribution >= 4 is 10.0 Å². The molecule has 0 radical (unpaired) electrons. The Bertz CT molecular complexity index is 348. The average Bonchev–Trinajstić information content (AvgIpc) is 2.10. The molecule has 0 spiro atoms. The molecule has 0 aromatic rings. The van der Waals surface area contributed by atoms with Gasteiger partial charge in [0.25, 0.3) is 0 Å². The molecule has 1 unspecified atom stereocenters. The molecule has 0 aliphatic carbocycles. The van der Waals surface area contributed by atoms with Crippen molar-refractivity contribution in [3.8, 4) is 0 Å². The lowest BCUT2D eigenvalue weighted by atomic mass is 9.84. The molecule has 0 heterocycles. The molecular weight excluding hydrogens is 240 g/mol. The summed E-state index contributed by atoms with van der Waals surface area (Å²) in [6.45, 7) is 3.84. The number of hydrogen-bond acceptors (Lipinski definition) is 4. The number of rotatable bonds is 7. The summed E-state index contributed by atoms with van der Waals surface area (Å²) in [6, 6.07) is 0. The molecule has 0 amide bonds. The van der Waals surface area contributed by atoms with Gasteiger partial charge in [0.05, 0.1) is 0 Å². The minimum Gasteiger partial charge on any atom is -0.384 e. The molecule has 3 N–H and O–H groups in total. The average molecular weight is 264 g/mol. The Morgan fingerprint density at radius 2 is 1.94 bits per heavy atom. The van der Waals surface area contributed by atoms with Crippen molar-refractivity contribution in [3.63, 3.8) is 0 Å². The van der Waals surface area contributed by atoms with Gasteiger partial charge in [0.1, 0.15) is 0 Å². The topological polar surface area (TPSA) is 83.6 Å². The van der Waals surface area contributed by atoms with E-state index in [0.29, 0.717) is 0 Å². The third kappa shape index (κ3) is 8.18. The summed E-state index contributed by atoms with van der Waals surface area (Å²) in [5, 5.41) is 14.3. The van der Waals surface area contributed by atoms with E-state index in [0.717, 1.165) is 12.8 Å². The molecule has 0 aromatic carbocycles. The van der Waals surface area contributed by atoms with E-state index in [2.05, 4.69) is 0 Å². The minimum absolute atomic E-state index is 0.154. The van der Waals surface area contributed by atoms with Gasteiger partial charge in [-0.2, -0.15) is 0 Å². The zero-order valence-electron chi connectivity index (χ0n) is 11.0. The first-order valence-electron chi connectivity index (χ1n) is 5.57. The highest BCUT2D eigenvalue weighted by molar-refractivity contribution is 7.89. The highest BCUT2D eigenvalue weighted by atomic mass is 32.2. The summed E-state index contributed by atoms with van der Waals surface area (Å²) < 4.78 is 21.9. The van der Waals surface area contributed by atoms with E-state index < -0.39 is 15.5 Å². The smallest absolute Gasteiger partial charge is 0.235 e. The quantitative estimate of drug-likeness (QED) is 0.714. The van der Waals surface area contributed by atoms with Gasteiger partial charge in [0, 0.05) is 14.1 Å². The molecule has 0 aromatic heterocycles. The van der Waals surface area contributed by atoms with E-state index in [1.54, 1.807) is 0 Å². The Morgan fingerprint density at radius 3 is 2.35 bits per heavy atom. The van der Waals surface area contributed by atoms with Crippen LogP contribution in [0.2, 0.25) is 0 Å². The number of aliphatic hydroxyl groups excluding tert-OH is 1. The van der Waals surface area contributed by atoms with Crippen molar-refractivity contribution in [3.05, 3.63) is 12.3 Å². The van der Waals surface area contributed by atoms with Gasteiger partial charge in [-0.1, -0.05) is 19.9 Å². The van der Waals surface area contributed by atoms with Crippen LogP contribution < -0.4 is 5.14 Å². The Kier molecular flexibility index (Phi) is 6.15. The third-order valence-electron chi connectivity index (χ3n) is 2.50. The molecule has 5 nitrogen and oxygen atoms in total. The monoisotopic (exact) mass is 264 g/mol. The fourth-order valence-corrected chi connectivity index (χ4v) is 2.13. The standard InChI is InChI=1S/C11H24N2O3S/c1-11(2,7-5-6-8-13(3)4)9-10(14)17(12,15)16/h6,8,10,14H,5,7,9H2,1-4H3,(H2,12,15,16). The Labute approximate surface area is 104 Å². The second kappa shape index (κ2) is 6.37. The van der Waals surface area contributed by atoms with Gasteiger partial charge in [-0.25, -0.2) is 13.6 Å². The predicted octanol–water partition coefficient (Wildman–Crippen LogP) is 0.865. The molecule has 17 heavy (non-hydrogen) atoms. The van der Waals surface area contributed by atoms with Crippen LogP contribution in [0.5, 0.6) is 0 Å². The normalized spacial score (nSPS) is 15.2. The van der Waals surface area contributed by atoms with Crippen molar-refractivity contribution in [2.45, 2.75) is 38.5 Å². The van der Waals surface area contributed by atoms with Crippen LogP contribution in [0.15, 0.2) is 12.3 Å². The van der Waals surface area contributed by atoms with Crippen molar-refractivity contribution in [2.75, 3.05) is 14.1 Å². The third-order valence-corrected chi connectivity index (χ3v) is 3.42. The van der Waals surface area contributed by atoms with Crippen molar-refractivity contribution in [1.82, 2.24) is 4.90 Å². The number of allylic oxidation sites excluding steroid dienone is 1. The molecule has 0 saturated carbocycles. The van der Waals surface area contributed by atoms with E-state index in [-0.39, 0.29) is 11.8 Å². The molecule has 6 heteroatoms. The van der Waals surface area contributed by atoms with Crippen LogP contribution in [0.3, 0.4) is 0 Å². The molecule has 0 aliphatic heterocycles. The fraction of sp³-hybridized carbons (Fsp3) is 0.818. The summed E-state index contributed by atoms with van der Waals surface area (Å²) in [5.41, 5.74) is -1.74. The lowest BCUT2D eigenvalue weighted by Crippen LogP contribution is -2.32. The molecule has 1 atom stereocenters. The van der Waals surface area contributed by atoms with Crippen LogP contribution in [0.4, 0.5) is 0 Å². The second-order valence-corrected chi connectivity index (χ2v) is 7.02. The molecule has 0 aliphatic rings. The van der Waals surface area contributed by atoms with Crippen LogP contribution in [0, 0.1) is 5.41 Å². The van der Waals surface area contributed by atoms with Crippen molar-refractivity contribution < 1.29 is 13.5 Å². The van der Waals surface area contributed by atoms with Crippen molar-refractivity contribution in [2.24, 2.45) is 10.6 Å². The molecule has 0 saturated heterocycles. The molecule has 0 bridgehead atoms. The molecular formula is C11H24N2O3S. The zero-order valence-corrected chi connectivity index (χ0v) is 11.9. The van der Waals surface area contributed by atoms with Gasteiger partial charge in [0.15, 0.2) is 5.44 Å². The molecule has 102 valence electrons. The lowest BCUT2D eigenvalue weighted by Gasteiger charge is -2.26. The van der Waals surface area contributed by atoms with E-state index in [4.69, 9.17) is 5.14 Å². The lowest BCUT2D eigenvalue weighted by molar-refractivity contribution is 0.168. The van der Waals surface area contributed by atoms with Crippen LogP contribution in [0.25, 0.3) is 0 Å². The van der Waals surface area contributed by atoms with Crippen LogP contribution >= 0.6 is 0 Å². The maximum absolute atomic E-state index is 10.9. The first-order valence-corrected chi connectivity index (χ1v) is 7.18. The summed E-state index contributed by atoms with van der Waals surface area (Å²) in [6.07, 6.45) is 5.76. The molecule has 0 fully saturated rings. The van der Waals surface area contributed by atoms with E-state index >= 15 is 0 Å². The summed E-state index contributed by atoms with van der Waals surface area (Å²) in [4.78, 5) is 1.94. The van der Waals surface area contributed by atoms with Crippen LogP contribution in [-0.2, 0) is 10.0 Å². The predicted molar refractivity (Wildman–Crippen MR) is 69.6 cm³/mol. The van der Waals surface area contributed by atoms with Crippen LogP contribution in [-0.4, -0.2) is 38.0 Å². The fourth-order valence-electron chi connectivity index (χ4n) is 1.45. The first kappa shape index (κ1) is 16.4. The maximum Gasteiger partial charge on any atom is 0.235 e. The zero-order chi connectivity index (χ0) is 13.7. The SMILES string of the molecule is CN(C)C=CCCC(C)(C)CC(O)S(N)(=O)=O. The number of sulfonamides is 1. The van der Waals surface area contributed by atoms with Gasteiger partial charge in [0.2, 0.25) is 10.0 Å². The van der Waals surface area contributed by atoms with E-state index in [1.807, 2.05) is 45.1 Å². The Morgan fingerprint density at radius 1 is 1.41 bits per heavy atom. The summed E-state index contributed by atoms with van der Waals surface area (Å²) in [5.74, 6) is 0. The van der Waals surface area contributed by atoms with Gasteiger partial charge in [-0.15, -0.1) is 0 Å². The minimum atomic E-state index is -3.85. The number of primary sulfonamides is 1. The maximum atomic E-state index is 10.9. The number of nitrogens with zero attached hydrogens (tertiary/aromatic N) is 1. The Balaban J connectivity index is 4.21. The largest absolute Gasteiger partial charge is 0.384 e.